The minimum atomic E-state index is -0.246. The first-order chi connectivity index (χ1) is 12.2. The van der Waals surface area contributed by atoms with E-state index < -0.39 is 0 Å². The van der Waals surface area contributed by atoms with E-state index in [-0.39, 0.29) is 18.6 Å². The van der Waals surface area contributed by atoms with Crippen LogP contribution in [0.4, 0.5) is 0 Å². The van der Waals surface area contributed by atoms with Gasteiger partial charge >= 0.3 is 0 Å². The molecule has 25 heavy (non-hydrogen) atoms. The normalized spacial score (nSPS) is 13.4. The molecule has 1 atom stereocenters. The van der Waals surface area contributed by atoms with Gasteiger partial charge < -0.3 is 19.5 Å². The molecular formula is C19H18N2O4. The maximum atomic E-state index is 12.1. The van der Waals surface area contributed by atoms with Crippen molar-refractivity contribution in [3.63, 3.8) is 0 Å². The Morgan fingerprint density at radius 3 is 2.84 bits per heavy atom. The zero-order chi connectivity index (χ0) is 17.6. The standard InChI is InChI=1S/C19H18N2O4/c1-13(15-5-6-17-18(10-15)24-8-7-23-17)21-19(22)12-25-16-4-2-3-14(9-16)11-20/h2-6,9-10,13H,7-8,12H2,1H3,(H,21,22)/t13-/m1/s1. The molecule has 6 heteroatoms. The first-order valence-corrected chi connectivity index (χ1v) is 7.97. The van der Waals surface area contributed by atoms with Gasteiger partial charge in [-0.1, -0.05) is 12.1 Å². The summed E-state index contributed by atoms with van der Waals surface area (Å²) in [5.41, 5.74) is 1.41. The zero-order valence-corrected chi connectivity index (χ0v) is 13.8. The van der Waals surface area contributed by atoms with Crippen molar-refractivity contribution in [1.82, 2.24) is 5.32 Å². The molecule has 3 rings (SSSR count). The van der Waals surface area contributed by atoms with Crippen molar-refractivity contribution in [2.45, 2.75) is 13.0 Å². The van der Waals surface area contributed by atoms with E-state index in [0.29, 0.717) is 36.0 Å². The number of nitriles is 1. The van der Waals surface area contributed by atoms with Crippen molar-refractivity contribution in [3.05, 3.63) is 53.6 Å². The Morgan fingerprint density at radius 2 is 2.04 bits per heavy atom. The number of nitrogens with zero attached hydrogens (tertiary/aromatic N) is 1. The molecule has 0 aromatic heterocycles. The fourth-order valence-electron chi connectivity index (χ4n) is 2.50. The zero-order valence-electron chi connectivity index (χ0n) is 13.8. The second kappa shape index (κ2) is 7.58. The van der Waals surface area contributed by atoms with Crippen molar-refractivity contribution in [2.24, 2.45) is 0 Å². The lowest BCUT2D eigenvalue weighted by molar-refractivity contribution is -0.123. The highest BCUT2D eigenvalue weighted by Crippen LogP contribution is 2.32. The molecule has 2 aromatic rings. The fraction of sp³-hybridized carbons (Fsp3) is 0.263. The molecular weight excluding hydrogens is 320 g/mol. The van der Waals surface area contributed by atoms with Gasteiger partial charge in [-0.15, -0.1) is 0 Å². The Bertz CT molecular complexity index is 813. The van der Waals surface area contributed by atoms with Crippen LogP contribution in [-0.4, -0.2) is 25.7 Å². The van der Waals surface area contributed by atoms with E-state index in [1.54, 1.807) is 24.3 Å². The molecule has 1 heterocycles. The maximum absolute atomic E-state index is 12.1. The largest absolute Gasteiger partial charge is 0.486 e. The van der Waals surface area contributed by atoms with Crippen LogP contribution in [0.1, 0.15) is 24.1 Å². The summed E-state index contributed by atoms with van der Waals surface area (Å²) in [5.74, 6) is 1.65. The van der Waals surface area contributed by atoms with Gasteiger partial charge in [0.15, 0.2) is 18.1 Å². The third-order valence-corrected chi connectivity index (χ3v) is 3.78. The molecule has 1 aliphatic rings. The second-order valence-electron chi connectivity index (χ2n) is 5.62. The molecule has 0 unspecified atom stereocenters. The smallest absolute Gasteiger partial charge is 0.258 e. The summed E-state index contributed by atoms with van der Waals surface area (Å²) >= 11 is 0. The Kier molecular flexibility index (Phi) is 5.05. The second-order valence-corrected chi connectivity index (χ2v) is 5.62. The first-order valence-electron chi connectivity index (χ1n) is 7.97. The lowest BCUT2D eigenvalue weighted by Crippen LogP contribution is -2.31. The summed E-state index contributed by atoms with van der Waals surface area (Å²) in [6.07, 6.45) is 0. The van der Waals surface area contributed by atoms with E-state index in [1.807, 2.05) is 31.2 Å². The highest BCUT2D eigenvalue weighted by molar-refractivity contribution is 5.78. The SMILES string of the molecule is C[C@@H](NC(=O)COc1cccc(C#N)c1)c1ccc2c(c1)OCCO2. The molecule has 0 saturated carbocycles. The van der Waals surface area contributed by atoms with E-state index in [2.05, 4.69) is 5.32 Å². The molecule has 128 valence electrons. The van der Waals surface area contributed by atoms with Crippen LogP contribution in [0.3, 0.4) is 0 Å². The van der Waals surface area contributed by atoms with Crippen LogP contribution in [0.5, 0.6) is 17.2 Å². The molecule has 0 bridgehead atoms. The highest BCUT2D eigenvalue weighted by atomic mass is 16.6. The Labute approximate surface area is 145 Å². The number of amides is 1. The molecule has 0 saturated heterocycles. The van der Waals surface area contributed by atoms with Crippen LogP contribution in [0.15, 0.2) is 42.5 Å². The summed E-state index contributed by atoms with van der Waals surface area (Å²) in [4.78, 5) is 12.1. The van der Waals surface area contributed by atoms with Crippen molar-refractivity contribution in [1.29, 1.82) is 5.26 Å². The number of hydrogen-bond acceptors (Lipinski definition) is 5. The number of hydrogen-bond donors (Lipinski definition) is 1. The summed E-state index contributed by atoms with van der Waals surface area (Å²) in [7, 11) is 0. The summed E-state index contributed by atoms with van der Waals surface area (Å²) < 4.78 is 16.5. The van der Waals surface area contributed by atoms with Crippen LogP contribution in [0.2, 0.25) is 0 Å². The predicted octanol–water partition coefficient (Wildman–Crippen LogP) is 2.59. The average Bonchev–Trinajstić information content (AvgIpc) is 2.66. The monoisotopic (exact) mass is 338 g/mol. The number of rotatable bonds is 5. The van der Waals surface area contributed by atoms with Gasteiger partial charge in [0, 0.05) is 0 Å². The number of nitrogens with one attached hydrogen (secondary N) is 1. The van der Waals surface area contributed by atoms with Crippen LogP contribution >= 0.6 is 0 Å². The van der Waals surface area contributed by atoms with E-state index in [1.165, 1.54) is 0 Å². The van der Waals surface area contributed by atoms with Gasteiger partial charge in [-0.05, 0) is 42.8 Å². The van der Waals surface area contributed by atoms with Gasteiger partial charge in [0.05, 0.1) is 17.7 Å². The molecule has 1 N–H and O–H groups in total. The molecule has 1 amide bonds. The number of fused-ring (bicyclic) bond motifs is 1. The number of ether oxygens (including phenoxy) is 3. The van der Waals surface area contributed by atoms with Crippen LogP contribution in [0.25, 0.3) is 0 Å². The highest BCUT2D eigenvalue weighted by Gasteiger charge is 2.16. The Morgan fingerprint density at radius 1 is 1.24 bits per heavy atom. The molecule has 6 nitrogen and oxygen atoms in total. The topological polar surface area (TPSA) is 80.6 Å². The number of carbonyl (C=O) groups excluding carboxylic acids is 1. The van der Waals surface area contributed by atoms with Gasteiger partial charge in [0.2, 0.25) is 0 Å². The van der Waals surface area contributed by atoms with Gasteiger partial charge in [-0.3, -0.25) is 4.79 Å². The lowest BCUT2D eigenvalue weighted by Gasteiger charge is -2.21. The van der Waals surface area contributed by atoms with Gasteiger partial charge in [0.1, 0.15) is 19.0 Å². The Balaban J connectivity index is 1.56. The van der Waals surface area contributed by atoms with Crippen LogP contribution < -0.4 is 19.5 Å². The number of benzene rings is 2. The molecule has 1 aliphatic heterocycles. The lowest BCUT2D eigenvalue weighted by atomic mass is 10.1. The molecule has 2 aromatic carbocycles. The van der Waals surface area contributed by atoms with Crippen molar-refractivity contribution >= 4 is 5.91 Å². The minimum absolute atomic E-state index is 0.121. The molecule has 0 fully saturated rings. The average molecular weight is 338 g/mol. The van der Waals surface area contributed by atoms with Crippen molar-refractivity contribution < 1.29 is 19.0 Å². The molecule has 0 spiro atoms. The van der Waals surface area contributed by atoms with Crippen molar-refractivity contribution in [3.8, 4) is 23.3 Å². The third-order valence-electron chi connectivity index (χ3n) is 3.78. The van der Waals surface area contributed by atoms with Gasteiger partial charge in [0.25, 0.3) is 5.91 Å². The summed E-state index contributed by atoms with van der Waals surface area (Å²) in [5, 5.41) is 11.7. The summed E-state index contributed by atoms with van der Waals surface area (Å²) in [6, 6.07) is 14.1. The fourth-order valence-corrected chi connectivity index (χ4v) is 2.50. The summed E-state index contributed by atoms with van der Waals surface area (Å²) in [6.45, 7) is 2.83. The van der Waals surface area contributed by atoms with E-state index in [4.69, 9.17) is 19.5 Å². The van der Waals surface area contributed by atoms with Crippen LogP contribution in [-0.2, 0) is 4.79 Å². The quantitative estimate of drug-likeness (QED) is 0.906. The Hall–Kier alpha value is -3.20. The first kappa shape index (κ1) is 16.7. The minimum Gasteiger partial charge on any atom is -0.486 e. The molecule has 0 radical (unpaired) electrons. The molecule has 0 aliphatic carbocycles. The van der Waals surface area contributed by atoms with Crippen molar-refractivity contribution in [2.75, 3.05) is 19.8 Å². The third kappa shape index (κ3) is 4.21. The van der Waals surface area contributed by atoms with E-state index >= 15 is 0 Å². The van der Waals surface area contributed by atoms with Crippen LogP contribution in [0, 0.1) is 11.3 Å². The number of carbonyl (C=O) groups is 1. The van der Waals surface area contributed by atoms with Gasteiger partial charge in [-0.2, -0.15) is 5.26 Å². The maximum Gasteiger partial charge on any atom is 0.258 e. The van der Waals surface area contributed by atoms with Gasteiger partial charge in [-0.25, -0.2) is 0 Å². The predicted molar refractivity (Wildman–Crippen MR) is 90.6 cm³/mol. The van der Waals surface area contributed by atoms with E-state index in [9.17, 15) is 4.79 Å². The van der Waals surface area contributed by atoms with E-state index in [0.717, 1.165) is 5.56 Å².